The zero-order valence-electron chi connectivity index (χ0n) is 12.3. The third-order valence-corrected chi connectivity index (χ3v) is 2.82. The first-order chi connectivity index (χ1) is 9.74. The van der Waals surface area contributed by atoms with Crippen LogP contribution in [0.3, 0.4) is 0 Å². The summed E-state index contributed by atoms with van der Waals surface area (Å²) in [6.07, 6.45) is 0.177. The molecule has 1 unspecified atom stereocenters. The van der Waals surface area contributed by atoms with Crippen molar-refractivity contribution < 1.29 is 14.2 Å². The van der Waals surface area contributed by atoms with Gasteiger partial charge in [0, 0.05) is 20.2 Å². The van der Waals surface area contributed by atoms with Gasteiger partial charge in [-0.05, 0) is 24.1 Å². The van der Waals surface area contributed by atoms with Crippen LogP contribution in [0.1, 0.15) is 18.9 Å². The molecule has 0 aromatic heterocycles. The van der Waals surface area contributed by atoms with Gasteiger partial charge in [0.05, 0.1) is 13.7 Å². The Morgan fingerprint density at radius 2 is 2.10 bits per heavy atom. The highest BCUT2D eigenvalue weighted by atomic mass is 16.5. The SMILES string of the molecule is CCC(C#N)Oc1cc(CNCCOC)ccc1OC. The van der Waals surface area contributed by atoms with Crippen LogP contribution in [-0.2, 0) is 11.3 Å². The van der Waals surface area contributed by atoms with Crippen LogP contribution in [-0.4, -0.2) is 33.5 Å². The maximum absolute atomic E-state index is 8.98. The third kappa shape index (κ3) is 5.08. The molecule has 0 bridgehead atoms. The van der Waals surface area contributed by atoms with Gasteiger partial charge in [-0.2, -0.15) is 5.26 Å². The predicted octanol–water partition coefficient (Wildman–Crippen LogP) is 2.11. The summed E-state index contributed by atoms with van der Waals surface area (Å²) < 4.78 is 15.9. The maximum Gasteiger partial charge on any atom is 0.184 e. The molecule has 5 nitrogen and oxygen atoms in total. The maximum atomic E-state index is 8.98. The van der Waals surface area contributed by atoms with Gasteiger partial charge in [-0.1, -0.05) is 13.0 Å². The molecular formula is C15H22N2O3. The summed E-state index contributed by atoms with van der Waals surface area (Å²) in [5.74, 6) is 1.24. The lowest BCUT2D eigenvalue weighted by Crippen LogP contribution is -2.19. The molecule has 0 aliphatic carbocycles. The molecule has 1 N–H and O–H groups in total. The van der Waals surface area contributed by atoms with Gasteiger partial charge >= 0.3 is 0 Å². The summed E-state index contributed by atoms with van der Waals surface area (Å²) in [5.41, 5.74) is 1.07. The highest BCUT2D eigenvalue weighted by molar-refractivity contribution is 5.43. The monoisotopic (exact) mass is 278 g/mol. The first-order valence-corrected chi connectivity index (χ1v) is 6.68. The van der Waals surface area contributed by atoms with E-state index in [0.717, 1.165) is 12.1 Å². The van der Waals surface area contributed by atoms with Crippen LogP contribution in [0.5, 0.6) is 11.5 Å². The fraction of sp³-hybridized carbons (Fsp3) is 0.533. The normalized spacial score (nSPS) is 11.7. The molecule has 0 radical (unpaired) electrons. The van der Waals surface area contributed by atoms with Crippen molar-refractivity contribution >= 4 is 0 Å². The molecule has 5 heteroatoms. The number of ether oxygens (including phenoxy) is 3. The van der Waals surface area contributed by atoms with Gasteiger partial charge in [0.1, 0.15) is 6.07 Å². The van der Waals surface area contributed by atoms with Crippen molar-refractivity contribution in [3.05, 3.63) is 23.8 Å². The molecular weight excluding hydrogens is 256 g/mol. The molecule has 20 heavy (non-hydrogen) atoms. The van der Waals surface area contributed by atoms with E-state index in [2.05, 4.69) is 11.4 Å². The quantitative estimate of drug-likeness (QED) is 0.701. The average Bonchev–Trinajstić information content (AvgIpc) is 2.49. The van der Waals surface area contributed by atoms with E-state index >= 15 is 0 Å². The third-order valence-electron chi connectivity index (χ3n) is 2.82. The molecule has 0 fully saturated rings. The van der Waals surface area contributed by atoms with Crippen LogP contribution in [0, 0.1) is 11.3 Å². The van der Waals surface area contributed by atoms with Gasteiger partial charge in [0.15, 0.2) is 17.6 Å². The predicted molar refractivity (Wildman–Crippen MR) is 76.9 cm³/mol. The molecule has 1 rings (SSSR count). The van der Waals surface area contributed by atoms with Crippen molar-refractivity contribution in [3.8, 4) is 17.6 Å². The molecule has 0 amide bonds. The Morgan fingerprint density at radius 3 is 2.70 bits per heavy atom. The standard InChI is InChI=1S/C15H22N2O3/c1-4-13(10-16)20-15-9-12(5-6-14(15)19-3)11-17-7-8-18-2/h5-6,9,13,17H,4,7-8,11H2,1-3H3. The molecule has 0 saturated heterocycles. The minimum absolute atomic E-state index is 0.458. The van der Waals surface area contributed by atoms with E-state index in [4.69, 9.17) is 19.5 Å². The lowest BCUT2D eigenvalue weighted by molar-refractivity contribution is 0.199. The minimum atomic E-state index is -0.458. The van der Waals surface area contributed by atoms with E-state index in [1.165, 1.54) is 0 Å². The Bertz CT molecular complexity index is 443. The lowest BCUT2D eigenvalue weighted by atomic mass is 10.2. The topological polar surface area (TPSA) is 63.5 Å². The second-order valence-electron chi connectivity index (χ2n) is 4.30. The summed E-state index contributed by atoms with van der Waals surface area (Å²) in [6.45, 7) is 4.09. The minimum Gasteiger partial charge on any atom is -0.493 e. The van der Waals surface area contributed by atoms with E-state index in [0.29, 0.717) is 31.1 Å². The van der Waals surface area contributed by atoms with Crippen LogP contribution in [0.15, 0.2) is 18.2 Å². The van der Waals surface area contributed by atoms with Crippen LogP contribution in [0.2, 0.25) is 0 Å². The zero-order valence-corrected chi connectivity index (χ0v) is 12.3. The van der Waals surface area contributed by atoms with E-state index < -0.39 is 6.10 Å². The summed E-state index contributed by atoms with van der Waals surface area (Å²) in [5, 5.41) is 12.2. The Balaban J connectivity index is 2.72. The van der Waals surface area contributed by atoms with Crippen LogP contribution < -0.4 is 14.8 Å². The number of hydrogen-bond donors (Lipinski definition) is 1. The second kappa shape index (κ2) is 9.18. The zero-order chi connectivity index (χ0) is 14.8. The number of nitrogens with one attached hydrogen (secondary N) is 1. The van der Waals surface area contributed by atoms with Gasteiger partial charge in [0.2, 0.25) is 0 Å². The van der Waals surface area contributed by atoms with Crippen molar-refractivity contribution in [1.29, 1.82) is 5.26 Å². The van der Waals surface area contributed by atoms with Crippen LogP contribution in [0.4, 0.5) is 0 Å². The van der Waals surface area contributed by atoms with Crippen LogP contribution in [0.25, 0.3) is 0 Å². The van der Waals surface area contributed by atoms with Gasteiger partial charge < -0.3 is 19.5 Å². The van der Waals surface area contributed by atoms with Crippen molar-refractivity contribution in [2.75, 3.05) is 27.4 Å². The Kier molecular flexibility index (Phi) is 7.48. The summed E-state index contributed by atoms with van der Waals surface area (Å²) >= 11 is 0. The number of hydrogen-bond acceptors (Lipinski definition) is 5. The first kappa shape index (κ1) is 16.3. The lowest BCUT2D eigenvalue weighted by Gasteiger charge is -2.15. The van der Waals surface area contributed by atoms with Gasteiger partial charge in [-0.25, -0.2) is 0 Å². The van der Waals surface area contributed by atoms with E-state index in [9.17, 15) is 0 Å². The number of methoxy groups -OCH3 is 2. The highest BCUT2D eigenvalue weighted by Gasteiger charge is 2.11. The Hall–Kier alpha value is -1.77. The fourth-order valence-electron chi connectivity index (χ4n) is 1.68. The molecule has 0 aliphatic rings. The van der Waals surface area contributed by atoms with E-state index in [1.54, 1.807) is 14.2 Å². The summed E-state index contributed by atoms with van der Waals surface area (Å²) in [4.78, 5) is 0. The average molecular weight is 278 g/mol. The molecule has 1 atom stereocenters. The highest BCUT2D eigenvalue weighted by Crippen LogP contribution is 2.29. The van der Waals surface area contributed by atoms with E-state index in [1.807, 2.05) is 25.1 Å². The van der Waals surface area contributed by atoms with Crippen molar-refractivity contribution in [2.24, 2.45) is 0 Å². The summed E-state index contributed by atoms with van der Waals surface area (Å²) in [6, 6.07) is 7.85. The van der Waals surface area contributed by atoms with Gasteiger partial charge in [-0.3, -0.25) is 0 Å². The number of rotatable bonds is 9. The van der Waals surface area contributed by atoms with E-state index in [-0.39, 0.29) is 0 Å². The van der Waals surface area contributed by atoms with Crippen LogP contribution >= 0.6 is 0 Å². The fourth-order valence-corrected chi connectivity index (χ4v) is 1.68. The number of nitrogens with zero attached hydrogens (tertiary/aromatic N) is 1. The Morgan fingerprint density at radius 1 is 1.30 bits per heavy atom. The molecule has 0 aliphatic heterocycles. The van der Waals surface area contributed by atoms with Crippen molar-refractivity contribution in [2.45, 2.75) is 26.0 Å². The molecule has 0 saturated carbocycles. The number of benzene rings is 1. The molecule has 110 valence electrons. The number of nitriles is 1. The summed E-state index contributed by atoms with van der Waals surface area (Å²) in [7, 11) is 3.26. The first-order valence-electron chi connectivity index (χ1n) is 6.68. The van der Waals surface area contributed by atoms with Gasteiger partial charge in [-0.15, -0.1) is 0 Å². The molecule has 0 spiro atoms. The van der Waals surface area contributed by atoms with Crippen molar-refractivity contribution in [1.82, 2.24) is 5.32 Å². The van der Waals surface area contributed by atoms with Crippen molar-refractivity contribution in [3.63, 3.8) is 0 Å². The second-order valence-corrected chi connectivity index (χ2v) is 4.30. The largest absolute Gasteiger partial charge is 0.493 e. The smallest absolute Gasteiger partial charge is 0.184 e. The Labute approximate surface area is 120 Å². The molecule has 1 aromatic rings. The van der Waals surface area contributed by atoms with Gasteiger partial charge in [0.25, 0.3) is 0 Å². The molecule has 1 aromatic carbocycles. The molecule has 0 heterocycles.